The molecule has 0 aliphatic rings. The molecule has 0 unspecified atom stereocenters. The number of hydrogen-bond donors (Lipinski definition) is 0. The summed E-state index contributed by atoms with van der Waals surface area (Å²) in [5, 5.41) is 3.13. The van der Waals surface area contributed by atoms with Crippen molar-refractivity contribution in [2.45, 2.75) is 0 Å². The van der Waals surface area contributed by atoms with E-state index in [0.29, 0.717) is 21.2 Å². The van der Waals surface area contributed by atoms with Crippen LogP contribution in [0, 0.1) is 0 Å². The third kappa shape index (κ3) is 2.37. The highest BCUT2D eigenvalue weighted by Gasteiger charge is 2.18. The number of furan rings is 1. The maximum atomic E-state index is 12.3. The van der Waals surface area contributed by atoms with Gasteiger partial charge in [0.05, 0.1) is 12.0 Å². The van der Waals surface area contributed by atoms with Crippen LogP contribution in [0.1, 0.15) is 15.4 Å². The second-order valence-corrected chi connectivity index (χ2v) is 6.36. The number of carbonyl (C=O) groups is 1. The fourth-order valence-electron chi connectivity index (χ4n) is 1.90. The first-order chi connectivity index (χ1) is 9.58. The summed E-state index contributed by atoms with van der Waals surface area (Å²) < 4.78 is 11.7. The zero-order valence-electron chi connectivity index (χ0n) is 10.3. The van der Waals surface area contributed by atoms with E-state index in [1.165, 1.54) is 18.4 Å². The molecule has 0 fully saturated rings. The number of carbonyl (C=O) groups excluding carboxylic acids is 1. The van der Waals surface area contributed by atoms with Gasteiger partial charge in [0.2, 0.25) is 5.78 Å². The summed E-state index contributed by atoms with van der Waals surface area (Å²) in [5.41, 5.74) is 0.524. The van der Waals surface area contributed by atoms with Crippen LogP contribution in [0.3, 0.4) is 0 Å². The minimum atomic E-state index is -0.157. The Bertz CT molecular complexity index is 806. The molecule has 20 heavy (non-hydrogen) atoms. The van der Waals surface area contributed by atoms with E-state index in [4.69, 9.17) is 20.8 Å². The second kappa shape index (κ2) is 5.24. The van der Waals surface area contributed by atoms with Gasteiger partial charge in [-0.2, -0.15) is 0 Å². The van der Waals surface area contributed by atoms with Gasteiger partial charge in [0.1, 0.15) is 0 Å². The number of rotatable bonds is 3. The van der Waals surface area contributed by atoms with Gasteiger partial charge in [-0.1, -0.05) is 11.6 Å². The molecule has 0 saturated carbocycles. The Morgan fingerprint density at radius 3 is 2.80 bits per heavy atom. The van der Waals surface area contributed by atoms with Crippen LogP contribution in [0.5, 0.6) is 5.75 Å². The molecular formula is C14H8BrClO3S. The van der Waals surface area contributed by atoms with Crippen molar-refractivity contribution in [3.63, 3.8) is 0 Å². The molecule has 0 bridgehead atoms. The van der Waals surface area contributed by atoms with Crippen molar-refractivity contribution >= 4 is 55.6 Å². The minimum absolute atomic E-state index is 0.157. The normalized spacial score (nSPS) is 10.9. The number of halogens is 2. The number of ether oxygens (including phenoxy) is 1. The Kier molecular flexibility index (Phi) is 3.58. The number of benzene rings is 1. The largest absolute Gasteiger partial charge is 0.493 e. The predicted octanol–water partition coefficient (Wildman–Crippen LogP) is 5.15. The number of methoxy groups -OCH3 is 1. The lowest BCUT2D eigenvalue weighted by Gasteiger charge is -2.00. The standard InChI is InChI=1S/C14H8BrClO3S/c1-18-11-5-9(16)2-7-3-10(19-14(7)11)13(17)12-4-8(15)6-20-12/h2-6H,1H3. The van der Waals surface area contributed by atoms with E-state index in [1.54, 1.807) is 24.3 Å². The van der Waals surface area contributed by atoms with Gasteiger partial charge >= 0.3 is 0 Å². The number of fused-ring (bicyclic) bond motifs is 1. The second-order valence-electron chi connectivity index (χ2n) is 4.10. The molecule has 0 N–H and O–H groups in total. The molecule has 1 aromatic carbocycles. The quantitative estimate of drug-likeness (QED) is 0.598. The van der Waals surface area contributed by atoms with Crippen LogP contribution < -0.4 is 4.74 Å². The van der Waals surface area contributed by atoms with Crippen molar-refractivity contribution in [3.05, 3.63) is 49.8 Å². The SMILES string of the molecule is COc1cc(Cl)cc2cc(C(=O)c3cc(Br)cs3)oc12. The summed E-state index contributed by atoms with van der Waals surface area (Å²) >= 11 is 10.7. The zero-order chi connectivity index (χ0) is 14.3. The Hall–Kier alpha value is -1.30. The van der Waals surface area contributed by atoms with Gasteiger partial charge in [-0.3, -0.25) is 4.79 Å². The van der Waals surface area contributed by atoms with Gasteiger partial charge in [0.25, 0.3) is 0 Å². The molecule has 0 saturated heterocycles. The van der Waals surface area contributed by atoms with Crippen LogP contribution in [0.25, 0.3) is 11.0 Å². The van der Waals surface area contributed by atoms with Crippen LogP contribution in [0.15, 0.2) is 38.5 Å². The average Bonchev–Trinajstić information content (AvgIpc) is 3.02. The fourth-order valence-corrected chi connectivity index (χ4v) is 3.49. The van der Waals surface area contributed by atoms with Crippen molar-refractivity contribution in [1.29, 1.82) is 0 Å². The van der Waals surface area contributed by atoms with E-state index >= 15 is 0 Å². The van der Waals surface area contributed by atoms with Gasteiger partial charge in [-0.05, 0) is 34.1 Å². The van der Waals surface area contributed by atoms with Crippen LogP contribution in [0.2, 0.25) is 5.02 Å². The summed E-state index contributed by atoms with van der Waals surface area (Å²) in [7, 11) is 1.53. The van der Waals surface area contributed by atoms with E-state index in [2.05, 4.69) is 15.9 Å². The van der Waals surface area contributed by atoms with Gasteiger partial charge in [-0.15, -0.1) is 11.3 Å². The molecule has 3 rings (SSSR count). The van der Waals surface area contributed by atoms with Crippen molar-refractivity contribution in [2.75, 3.05) is 7.11 Å². The minimum Gasteiger partial charge on any atom is -0.493 e. The van der Waals surface area contributed by atoms with Crippen molar-refractivity contribution < 1.29 is 13.9 Å². The lowest BCUT2D eigenvalue weighted by atomic mass is 10.2. The lowest BCUT2D eigenvalue weighted by molar-refractivity contribution is 0.101. The molecule has 102 valence electrons. The Labute approximate surface area is 132 Å². The van der Waals surface area contributed by atoms with Crippen molar-refractivity contribution in [1.82, 2.24) is 0 Å². The smallest absolute Gasteiger partial charge is 0.238 e. The number of thiophene rings is 1. The molecule has 6 heteroatoms. The maximum absolute atomic E-state index is 12.3. The van der Waals surface area contributed by atoms with E-state index < -0.39 is 0 Å². The molecule has 0 aliphatic heterocycles. The highest BCUT2D eigenvalue weighted by molar-refractivity contribution is 9.10. The average molecular weight is 372 g/mol. The van der Waals surface area contributed by atoms with Crippen LogP contribution >= 0.6 is 38.9 Å². The molecular weight excluding hydrogens is 364 g/mol. The lowest BCUT2D eigenvalue weighted by Crippen LogP contribution is -1.95. The van der Waals surface area contributed by atoms with Crippen molar-refractivity contribution in [3.8, 4) is 5.75 Å². The van der Waals surface area contributed by atoms with Gasteiger partial charge in [0.15, 0.2) is 17.1 Å². The zero-order valence-corrected chi connectivity index (χ0v) is 13.4. The number of hydrogen-bond acceptors (Lipinski definition) is 4. The first kappa shape index (κ1) is 13.7. The van der Waals surface area contributed by atoms with Gasteiger partial charge in [-0.25, -0.2) is 0 Å². The van der Waals surface area contributed by atoms with Crippen LogP contribution in [-0.4, -0.2) is 12.9 Å². The van der Waals surface area contributed by atoms with Gasteiger partial charge < -0.3 is 9.15 Å². The third-order valence-electron chi connectivity index (χ3n) is 2.78. The summed E-state index contributed by atoms with van der Waals surface area (Å²) in [5.74, 6) is 0.629. The Morgan fingerprint density at radius 1 is 1.35 bits per heavy atom. The molecule has 2 aromatic heterocycles. The molecule has 0 radical (unpaired) electrons. The van der Waals surface area contributed by atoms with E-state index in [0.717, 1.165) is 9.86 Å². The molecule has 0 atom stereocenters. The molecule has 3 nitrogen and oxygen atoms in total. The topological polar surface area (TPSA) is 39.4 Å². The Balaban J connectivity index is 2.11. The fraction of sp³-hybridized carbons (Fsp3) is 0.0714. The first-order valence-electron chi connectivity index (χ1n) is 5.64. The molecule has 0 aliphatic carbocycles. The predicted molar refractivity (Wildman–Crippen MR) is 83.2 cm³/mol. The van der Waals surface area contributed by atoms with E-state index in [9.17, 15) is 4.79 Å². The molecule has 3 aromatic rings. The number of ketones is 1. The summed E-state index contributed by atoms with van der Waals surface area (Å²) in [6.07, 6.45) is 0. The maximum Gasteiger partial charge on any atom is 0.238 e. The van der Waals surface area contributed by atoms with E-state index in [-0.39, 0.29) is 11.5 Å². The van der Waals surface area contributed by atoms with Crippen LogP contribution in [0.4, 0.5) is 0 Å². The van der Waals surface area contributed by atoms with Gasteiger partial charge in [0, 0.05) is 26.3 Å². The van der Waals surface area contributed by atoms with Crippen LogP contribution in [-0.2, 0) is 0 Å². The summed E-state index contributed by atoms with van der Waals surface area (Å²) in [4.78, 5) is 12.9. The van der Waals surface area contributed by atoms with Crippen molar-refractivity contribution in [2.24, 2.45) is 0 Å². The molecule has 2 heterocycles. The summed E-state index contributed by atoms with van der Waals surface area (Å²) in [6, 6.07) is 6.84. The highest BCUT2D eigenvalue weighted by atomic mass is 79.9. The molecule has 0 spiro atoms. The first-order valence-corrected chi connectivity index (χ1v) is 7.69. The summed E-state index contributed by atoms with van der Waals surface area (Å²) in [6.45, 7) is 0. The third-order valence-corrected chi connectivity index (χ3v) is 4.69. The molecule has 0 amide bonds. The van der Waals surface area contributed by atoms with E-state index in [1.807, 2.05) is 5.38 Å². The Morgan fingerprint density at radius 2 is 2.15 bits per heavy atom. The monoisotopic (exact) mass is 370 g/mol. The highest BCUT2D eigenvalue weighted by Crippen LogP contribution is 2.33.